The van der Waals surface area contributed by atoms with Crippen LogP contribution >= 0.6 is 11.3 Å². The van der Waals surface area contributed by atoms with Crippen molar-refractivity contribution in [3.05, 3.63) is 16.1 Å². The minimum Gasteiger partial charge on any atom is -0.481 e. The van der Waals surface area contributed by atoms with Gasteiger partial charge in [-0.15, -0.1) is 11.3 Å². The largest absolute Gasteiger partial charge is 0.481 e. The van der Waals surface area contributed by atoms with E-state index in [9.17, 15) is 9.59 Å². The summed E-state index contributed by atoms with van der Waals surface area (Å²) in [7, 11) is 0. The zero-order valence-corrected chi connectivity index (χ0v) is 12.4. The molecule has 2 N–H and O–H groups in total. The van der Waals surface area contributed by atoms with E-state index >= 15 is 0 Å². The van der Waals surface area contributed by atoms with Crippen LogP contribution in [0.25, 0.3) is 0 Å². The normalized spacial score (nSPS) is 15.7. The quantitative estimate of drug-likeness (QED) is 0.843. The van der Waals surface area contributed by atoms with Gasteiger partial charge < -0.3 is 15.3 Å². The molecular formula is C13H19N3O3S. The minimum absolute atomic E-state index is 0.0192. The van der Waals surface area contributed by atoms with E-state index in [4.69, 9.17) is 5.11 Å². The van der Waals surface area contributed by atoms with Crippen molar-refractivity contribution in [1.29, 1.82) is 0 Å². The van der Waals surface area contributed by atoms with E-state index in [-0.39, 0.29) is 31.1 Å². The number of nitrogens with zero attached hydrogens (tertiary/aromatic N) is 2. The topological polar surface area (TPSA) is 82.5 Å². The Morgan fingerprint density at radius 1 is 1.60 bits per heavy atom. The van der Waals surface area contributed by atoms with Gasteiger partial charge in [0.2, 0.25) is 0 Å². The lowest BCUT2D eigenvalue weighted by Crippen LogP contribution is -2.43. The molecule has 0 aliphatic heterocycles. The smallest absolute Gasteiger partial charge is 0.318 e. The lowest BCUT2D eigenvalue weighted by atomic mass is 10.3. The number of aliphatic carboxylic acids is 1. The molecule has 1 unspecified atom stereocenters. The average molecular weight is 297 g/mol. The molecule has 0 bridgehead atoms. The van der Waals surface area contributed by atoms with E-state index in [1.807, 2.05) is 13.8 Å². The maximum atomic E-state index is 12.2. The highest BCUT2D eigenvalue weighted by atomic mass is 32.1. The zero-order valence-electron chi connectivity index (χ0n) is 11.6. The molecule has 1 saturated carbocycles. The van der Waals surface area contributed by atoms with Crippen molar-refractivity contribution in [1.82, 2.24) is 15.2 Å². The molecule has 110 valence electrons. The number of hydrogen-bond acceptors (Lipinski definition) is 4. The number of carbonyl (C=O) groups excluding carboxylic acids is 1. The summed E-state index contributed by atoms with van der Waals surface area (Å²) < 4.78 is 0. The summed E-state index contributed by atoms with van der Waals surface area (Å²) in [6.45, 7) is 4.12. The van der Waals surface area contributed by atoms with Crippen LogP contribution in [0, 0.1) is 6.92 Å². The lowest BCUT2D eigenvalue weighted by molar-refractivity contribution is -0.137. The van der Waals surface area contributed by atoms with Gasteiger partial charge in [0.1, 0.15) is 5.01 Å². The van der Waals surface area contributed by atoms with E-state index < -0.39 is 5.97 Å². The van der Waals surface area contributed by atoms with E-state index in [0.717, 1.165) is 22.7 Å². The second-order valence-electron chi connectivity index (χ2n) is 5.05. The van der Waals surface area contributed by atoms with Crippen molar-refractivity contribution >= 4 is 23.3 Å². The van der Waals surface area contributed by atoms with Gasteiger partial charge in [-0.25, -0.2) is 9.78 Å². The Hall–Kier alpha value is -1.63. The highest BCUT2D eigenvalue weighted by Gasteiger charge is 2.33. The summed E-state index contributed by atoms with van der Waals surface area (Å²) in [5.74, 6) is -0.882. The van der Waals surface area contributed by atoms with Crippen molar-refractivity contribution in [2.75, 3.05) is 6.54 Å². The molecule has 1 aromatic rings. The molecule has 1 aliphatic rings. The molecule has 1 fully saturated rings. The number of nitrogens with one attached hydrogen (secondary N) is 1. The van der Waals surface area contributed by atoms with Crippen LogP contribution in [-0.2, 0) is 4.79 Å². The second kappa shape index (κ2) is 6.21. The van der Waals surface area contributed by atoms with Crippen molar-refractivity contribution in [2.45, 2.75) is 45.2 Å². The molecule has 20 heavy (non-hydrogen) atoms. The molecule has 0 aromatic carbocycles. The van der Waals surface area contributed by atoms with E-state index in [0.29, 0.717) is 0 Å². The number of rotatable bonds is 6. The maximum Gasteiger partial charge on any atom is 0.318 e. The predicted molar refractivity (Wildman–Crippen MR) is 75.8 cm³/mol. The molecule has 1 atom stereocenters. The standard InChI is InChI=1S/C13H19N3O3S/c1-8-7-14-12(20-8)9(2)15-13(19)16(10-3-4-10)6-5-11(17)18/h7,9-10H,3-6H2,1-2H3,(H,15,19)(H,17,18). The van der Waals surface area contributed by atoms with Gasteiger partial charge in [-0.1, -0.05) is 0 Å². The van der Waals surface area contributed by atoms with Gasteiger partial charge in [0, 0.05) is 23.7 Å². The highest BCUT2D eigenvalue weighted by molar-refractivity contribution is 7.11. The number of thiazole rings is 1. The van der Waals surface area contributed by atoms with Crippen LogP contribution in [0.1, 0.15) is 42.1 Å². The van der Waals surface area contributed by atoms with Crippen LogP contribution < -0.4 is 5.32 Å². The fourth-order valence-corrected chi connectivity index (χ4v) is 2.73. The van der Waals surface area contributed by atoms with Crippen molar-refractivity contribution in [2.24, 2.45) is 0 Å². The maximum absolute atomic E-state index is 12.2. The first-order chi connectivity index (χ1) is 9.47. The van der Waals surface area contributed by atoms with Crippen molar-refractivity contribution in [3.63, 3.8) is 0 Å². The SMILES string of the molecule is Cc1cnc(C(C)NC(=O)N(CCC(=O)O)C2CC2)s1. The molecule has 7 heteroatoms. The van der Waals surface area contributed by atoms with Crippen molar-refractivity contribution in [3.8, 4) is 0 Å². The minimum atomic E-state index is -0.882. The summed E-state index contributed by atoms with van der Waals surface area (Å²) in [6, 6.07) is -0.166. The molecule has 2 rings (SSSR count). The number of aromatic nitrogens is 1. The van der Waals surface area contributed by atoms with Crippen LogP contribution in [0.15, 0.2) is 6.20 Å². The molecule has 0 radical (unpaired) electrons. The molecule has 1 aromatic heterocycles. The third-order valence-corrected chi connectivity index (χ3v) is 4.26. The van der Waals surface area contributed by atoms with Crippen LogP contribution in [-0.4, -0.2) is 39.6 Å². The van der Waals surface area contributed by atoms with Crippen LogP contribution in [0.3, 0.4) is 0 Å². The van der Waals surface area contributed by atoms with E-state index in [1.54, 1.807) is 22.4 Å². The summed E-state index contributed by atoms with van der Waals surface area (Å²) in [5, 5.41) is 12.5. The zero-order chi connectivity index (χ0) is 14.7. The number of carboxylic acids is 1. The number of hydrogen-bond donors (Lipinski definition) is 2. The van der Waals surface area contributed by atoms with Crippen LogP contribution in [0.4, 0.5) is 4.79 Å². The molecule has 1 aliphatic carbocycles. The monoisotopic (exact) mass is 297 g/mol. The molecule has 0 saturated heterocycles. The first kappa shape index (κ1) is 14.8. The highest BCUT2D eigenvalue weighted by Crippen LogP contribution is 2.27. The summed E-state index contributed by atoms with van der Waals surface area (Å²) in [5.41, 5.74) is 0. The Balaban J connectivity index is 1.92. The summed E-state index contributed by atoms with van der Waals surface area (Å²) in [4.78, 5) is 29.9. The number of aryl methyl sites for hydroxylation is 1. The van der Waals surface area contributed by atoms with Gasteiger partial charge in [0.05, 0.1) is 12.5 Å². The van der Waals surface area contributed by atoms with Crippen molar-refractivity contribution < 1.29 is 14.7 Å². The Kier molecular flexibility index (Phi) is 4.59. The fourth-order valence-electron chi connectivity index (χ4n) is 1.95. The van der Waals surface area contributed by atoms with Gasteiger partial charge in [-0.05, 0) is 26.7 Å². The molecule has 1 heterocycles. The Morgan fingerprint density at radius 2 is 2.30 bits per heavy atom. The molecular weight excluding hydrogens is 278 g/mol. The average Bonchev–Trinajstić information content (AvgIpc) is 3.10. The van der Waals surface area contributed by atoms with E-state index in [2.05, 4.69) is 10.3 Å². The van der Waals surface area contributed by atoms with Gasteiger partial charge >= 0.3 is 12.0 Å². The molecule has 2 amide bonds. The first-order valence-corrected chi connectivity index (χ1v) is 7.50. The predicted octanol–water partition coefficient (Wildman–Crippen LogP) is 2.16. The van der Waals surface area contributed by atoms with Gasteiger partial charge in [0.15, 0.2) is 0 Å². The third-order valence-electron chi connectivity index (χ3n) is 3.16. The summed E-state index contributed by atoms with van der Waals surface area (Å²) >= 11 is 1.55. The van der Waals surface area contributed by atoms with E-state index in [1.165, 1.54) is 0 Å². The Labute approximate surface area is 121 Å². The number of carbonyl (C=O) groups is 2. The molecule has 6 nitrogen and oxygen atoms in total. The lowest BCUT2D eigenvalue weighted by Gasteiger charge is -2.24. The Bertz CT molecular complexity index is 499. The second-order valence-corrected chi connectivity index (χ2v) is 6.31. The van der Waals surface area contributed by atoms with Gasteiger partial charge in [0.25, 0.3) is 0 Å². The summed E-state index contributed by atoms with van der Waals surface area (Å²) in [6.07, 6.45) is 3.68. The van der Waals surface area contributed by atoms with Crippen LogP contribution in [0.2, 0.25) is 0 Å². The van der Waals surface area contributed by atoms with Crippen LogP contribution in [0.5, 0.6) is 0 Å². The number of carboxylic acid groups (broad SMARTS) is 1. The molecule has 0 spiro atoms. The number of urea groups is 1. The fraction of sp³-hybridized carbons (Fsp3) is 0.615. The number of amides is 2. The third kappa shape index (κ3) is 3.93. The Morgan fingerprint density at radius 3 is 2.80 bits per heavy atom. The van der Waals surface area contributed by atoms with Gasteiger partial charge in [-0.2, -0.15) is 0 Å². The van der Waals surface area contributed by atoms with Gasteiger partial charge in [-0.3, -0.25) is 4.79 Å². The first-order valence-electron chi connectivity index (χ1n) is 6.68.